The number of benzene rings is 1. The van der Waals surface area contributed by atoms with Crippen molar-refractivity contribution in [2.24, 2.45) is 0 Å². The van der Waals surface area contributed by atoms with Crippen molar-refractivity contribution in [1.29, 1.82) is 0 Å². The average molecular weight is 250 g/mol. The second-order valence-electron chi connectivity index (χ2n) is 4.35. The molecule has 0 aliphatic heterocycles. The summed E-state index contributed by atoms with van der Waals surface area (Å²) in [6.45, 7) is 0.733. The van der Waals surface area contributed by atoms with Crippen LogP contribution in [0.25, 0.3) is 10.9 Å². The third-order valence-electron chi connectivity index (χ3n) is 2.97. The highest BCUT2D eigenvalue weighted by Crippen LogP contribution is 2.23. The number of nitrogens with one attached hydrogen (secondary N) is 1. The predicted octanol–water partition coefficient (Wildman–Crippen LogP) is 2.82. The molecule has 0 radical (unpaired) electrons. The van der Waals surface area contributed by atoms with E-state index < -0.39 is 0 Å². The molecule has 0 spiro atoms. The molecule has 4 heteroatoms. The average Bonchev–Trinajstić information content (AvgIpc) is 2.45. The molecule has 2 heterocycles. The van der Waals surface area contributed by atoms with E-state index in [1.54, 1.807) is 12.4 Å². The highest BCUT2D eigenvalue weighted by molar-refractivity contribution is 5.92. The Morgan fingerprint density at radius 2 is 2.05 bits per heavy atom. The standard InChI is InChI=1S/C15H14N4/c16-12-3-4-13-14(5-7-18-15(13)8-12)19-10-11-2-1-6-17-9-11/h1-9H,10,16H2,(H,18,19). The fourth-order valence-electron chi connectivity index (χ4n) is 2.02. The van der Waals surface area contributed by atoms with Crippen LogP contribution in [0, 0.1) is 0 Å². The van der Waals surface area contributed by atoms with Gasteiger partial charge in [-0.15, -0.1) is 0 Å². The monoisotopic (exact) mass is 250 g/mol. The number of rotatable bonds is 3. The number of hydrogen-bond donors (Lipinski definition) is 2. The predicted molar refractivity (Wildman–Crippen MR) is 77.7 cm³/mol. The summed E-state index contributed by atoms with van der Waals surface area (Å²) in [7, 11) is 0. The van der Waals surface area contributed by atoms with E-state index in [1.165, 1.54) is 0 Å². The zero-order valence-corrected chi connectivity index (χ0v) is 10.4. The van der Waals surface area contributed by atoms with Gasteiger partial charge in [0.15, 0.2) is 0 Å². The molecule has 4 nitrogen and oxygen atoms in total. The van der Waals surface area contributed by atoms with Crippen molar-refractivity contribution in [3.8, 4) is 0 Å². The fourth-order valence-corrected chi connectivity index (χ4v) is 2.02. The third-order valence-corrected chi connectivity index (χ3v) is 2.97. The second-order valence-corrected chi connectivity index (χ2v) is 4.35. The first-order valence-electron chi connectivity index (χ1n) is 6.10. The van der Waals surface area contributed by atoms with Gasteiger partial charge in [0, 0.05) is 41.9 Å². The molecular weight excluding hydrogens is 236 g/mol. The van der Waals surface area contributed by atoms with Gasteiger partial charge in [0.2, 0.25) is 0 Å². The molecule has 0 unspecified atom stereocenters. The van der Waals surface area contributed by atoms with E-state index in [-0.39, 0.29) is 0 Å². The Hall–Kier alpha value is -2.62. The van der Waals surface area contributed by atoms with E-state index >= 15 is 0 Å². The van der Waals surface area contributed by atoms with Gasteiger partial charge in [0.05, 0.1) is 5.52 Å². The van der Waals surface area contributed by atoms with Crippen LogP contribution < -0.4 is 11.1 Å². The van der Waals surface area contributed by atoms with Crippen LogP contribution in [0.5, 0.6) is 0 Å². The van der Waals surface area contributed by atoms with Gasteiger partial charge in [-0.25, -0.2) is 0 Å². The Kier molecular flexibility index (Phi) is 2.98. The van der Waals surface area contributed by atoms with Crippen LogP contribution in [-0.2, 0) is 6.54 Å². The topological polar surface area (TPSA) is 63.8 Å². The smallest absolute Gasteiger partial charge is 0.0743 e. The van der Waals surface area contributed by atoms with Crippen molar-refractivity contribution in [3.05, 3.63) is 60.6 Å². The molecule has 2 aromatic heterocycles. The number of aromatic nitrogens is 2. The van der Waals surface area contributed by atoms with E-state index in [0.717, 1.165) is 34.4 Å². The molecule has 1 aromatic carbocycles. The summed E-state index contributed by atoms with van der Waals surface area (Å²) in [6, 6.07) is 11.7. The molecule has 0 aliphatic rings. The zero-order valence-electron chi connectivity index (χ0n) is 10.4. The Morgan fingerprint density at radius 1 is 1.11 bits per heavy atom. The van der Waals surface area contributed by atoms with Crippen LogP contribution in [0.4, 0.5) is 11.4 Å². The summed E-state index contributed by atoms with van der Waals surface area (Å²) < 4.78 is 0. The fraction of sp³-hybridized carbons (Fsp3) is 0.0667. The van der Waals surface area contributed by atoms with Gasteiger partial charge in [-0.05, 0) is 35.9 Å². The minimum Gasteiger partial charge on any atom is -0.399 e. The number of nitrogen functional groups attached to an aromatic ring is 1. The quantitative estimate of drug-likeness (QED) is 0.702. The summed E-state index contributed by atoms with van der Waals surface area (Å²) in [5.74, 6) is 0. The number of nitrogens with zero attached hydrogens (tertiary/aromatic N) is 2. The molecule has 3 rings (SSSR count). The first-order chi connectivity index (χ1) is 9.33. The summed E-state index contributed by atoms with van der Waals surface area (Å²) in [4.78, 5) is 8.43. The first kappa shape index (κ1) is 11.5. The molecule has 94 valence electrons. The van der Waals surface area contributed by atoms with E-state index in [9.17, 15) is 0 Å². The molecule has 0 amide bonds. The lowest BCUT2D eigenvalue weighted by molar-refractivity contribution is 1.11. The van der Waals surface area contributed by atoms with Crippen LogP contribution in [0.2, 0.25) is 0 Å². The maximum atomic E-state index is 5.77. The van der Waals surface area contributed by atoms with Crippen molar-refractivity contribution in [1.82, 2.24) is 9.97 Å². The van der Waals surface area contributed by atoms with Crippen LogP contribution >= 0.6 is 0 Å². The lowest BCUT2D eigenvalue weighted by Crippen LogP contribution is -2.00. The third kappa shape index (κ3) is 2.47. The van der Waals surface area contributed by atoms with Crippen molar-refractivity contribution in [3.63, 3.8) is 0 Å². The molecule has 19 heavy (non-hydrogen) atoms. The Morgan fingerprint density at radius 3 is 2.89 bits per heavy atom. The summed E-state index contributed by atoms with van der Waals surface area (Å²) in [5, 5.41) is 4.47. The van der Waals surface area contributed by atoms with Crippen molar-refractivity contribution < 1.29 is 0 Å². The highest BCUT2D eigenvalue weighted by atomic mass is 14.9. The van der Waals surface area contributed by atoms with Crippen LogP contribution in [-0.4, -0.2) is 9.97 Å². The van der Waals surface area contributed by atoms with E-state index in [0.29, 0.717) is 0 Å². The van der Waals surface area contributed by atoms with E-state index in [2.05, 4.69) is 15.3 Å². The molecule has 3 N–H and O–H groups in total. The molecule has 0 saturated carbocycles. The number of hydrogen-bond acceptors (Lipinski definition) is 4. The number of nitrogens with two attached hydrogens (primary N) is 1. The highest BCUT2D eigenvalue weighted by Gasteiger charge is 2.02. The Bertz CT molecular complexity index is 695. The van der Waals surface area contributed by atoms with E-state index in [1.807, 2.05) is 42.6 Å². The van der Waals surface area contributed by atoms with Gasteiger partial charge < -0.3 is 11.1 Å². The van der Waals surface area contributed by atoms with Crippen molar-refractivity contribution in [2.45, 2.75) is 6.54 Å². The largest absolute Gasteiger partial charge is 0.399 e. The maximum Gasteiger partial charge on any atom is 0.0743 e. The van der Waals surface area contributed by atoms with Crippen molar-refractivity contribution >= 4 is 22.3 Å². The molecule has 0 saturated heterocycles. The molecular formula is C15H14N4. The zero-order chi connectivity index (χ0) is 13.1. The first-order valence-corrected chi connectivity index (χ1v) is 6.10. The normalized spacial score (nSPS) is 10.5. The summed E-state index contributed by atoms with van der Waals surface area (Å²) in [6.07, 6.45) is 5.41. The van der Waals surface area contributed by atoms with E-state index in [4.69, 9.17) is 5.73 Å². The number of pyridine rings is 2. The summed E-state index contributed by atoms with van der Waals surface area (Å²) >= 11 is 0. The summed E-state index contributed by atoms with van der Waals surface area (Å²) in [5.41, 5.74) is 9.59. The van der Waals surface area contributed by atoms with Crippen LogP contribution in [0.15, 0.2) is 55.0 Å². The molecule has 3 aromatic rings. The van der Waals surface area contributed by atoms with Crippen LogP contribution in [0.1, 0.15) is 5.56 Å². The van der Waals surface area contributed by atoms with Gasteiger partial charge in [0.1, 0.15) is 0 Å². The van der Waals surface area contributed by atoms with Gasteiger partial charge in [-0.3, -0.25) is 9.97 Å². The molecule has 0 bridgehead atoms. The molecule has 0 aliphatic carbocycles. The van der Waals surface area contributed by atoms with Gasteiger partial charge in [-0.2, -0.15) is 0 Å². The number of anilines is 2. The minimum absolute atomic E-state index is 0.726. The molecule has 0 atom stereocenters. The second kappa shape index (κ2) is 4.94. The minimum atomic E-state index is 0.726. The van der Waals surface area contributed by atoms with Crippen molar-refractivity contribution in [2.75, 3.05) is 11.1 Å². The molecule has 0 fully saturated rings. The van der Waals surface area contributed by atoms with Gasteiger partial charge in [-0.1, -0.05) is 6.07 Å². The van der Waals surface area contributed by atoms with Gasteiger partial charge in [0.25, 0.3) is 0 Å². The Labute approximate surface area is 111 Å². The maximum absolute atomic E-state index is 5.77. The van der Waals surface area contributed by atoms with Crippen LogP contribution in [0.3, 0.4) is 0 Å². The SMILES string of the molecule is Nc1ccc2c(NCc3cccnc3)ccnc2c1. The Balaban J connectivity index is 1.89. The van der Waals surface area contributed by atoms with Gasteiger partial charge >= 0.3 is 0 Å². The lowest BCUT2D eigenvalue weighted by Gasteiger charge is -2.09. The number of fused-ring (bicyclic) bond motifs is 1. The lowest BCUT2D eigenvalue weighted by atomic mass is 10.1.